The van der Waals surface area contributed by atoms with Gasteiger partial charge in [-0.3, -0.25) is 43.5 Å². The van der Waals surface area contributed by atoms with Crippen molar-refractivity contribution >= 4 is 35.8 Å². The molecule has 11 atom stereocenters. The topological polar surface area (TPSA) is 266 Å². The number of nitrogens with one attached hydrogen (secondary N) is 1. The Bertz CT molecular complexity index is 1340. The van der Waals surface area contributed by atoms with Crippen LogP contribution in [0.2, 0.25) is 0 Å². The Morgan fingerprint density at radius 1 is 0.673 bits per heavy atom. The Kier molecular flexibility index (Phi) is 15.1. The van der Waals surface area contributed by atoms with Gasteiger partial charge in [-0.2, -0.15) is 0 Å². The first-order valence-electron chi connectivity index (χ1n) is 19.7. The van der Waals surface area contributed by atoms with E-state index in [0.29, 0.717) is 32.1 Å². The SMILES string of the molecule is CC(CCC(=O)O)[C@H]1CCC2C3C(O)C[C@@H]4C[C@@H](NC(=O)CN(CCN(CC(=O)O)CC(=O)O)CCN(CC(=O)O)CC(=O)O)CC[C@]4(C)C3C[C@H](O)[C@@]21C. The number of amides is 1. The van der Waals surface area contributed by atoms with Gasteiger partial charge >= 0.3 is 29.8 Å². The third-order valence-corrected chi connectivity index (χ3v) is 14.0. The van der Waals surface area contributed by atoms with E-state index < -0.39 is 73.6 Å². The normalized spacial score (nSPS) is 33.4. The molecule has 4 aliphatic carbocycles. The molecule has 1 amide bonds. The van der Waals surface area contributed by atoms with Crippen LogP contribution in [0.15, 0.2) is 0 Å². The van der Waals surface area contributed by atoms with Gasteiger partial charge < -0.3 is 41.1 Å². The first-order valence-corrected chi connectivity index (χ1v) is 19.7. The molecule has 0 heterocycles. The zero-order chi connectivity index (χ0) is 40.8. The first kappa shape index (κ1) is 44.3. The van der Waals surface area contributed by atoms with Gasteiger partial charge in [0.25, 0.3) is 0 Å². The fraction of sp³-hybridized carbons (Fsp3) is 0.842. The van der Waals surface area contributed by atoms with Crippen LogP contribution in [-0.2, 0) is 28.8 Å². The molecule has 5 unspecified atom stereocenters. The number of aliphatic hydroxyl groups excluding tert-OH is 2. The Morgan fingerprint density at radius 2 is 1.20 bits per heavy atom. The number of carboxylic acids is 5. The van der Waals surface area contributed by atoms with Crippen molar-refractivity contribution in [3.63, 3.8) is 0 Å². The van der Waals surface area contributed by atoms with Crippen molar-refractivity contribution in [3.8, 4) is 0 Å². The number of carbonyl (C=O) groups is 6. The van der Waals surface area contributed by atoms with Crippen LogP contribution in [0.5, 0.6) is 0 Å². The van der Waals surface area contributed by atoms with Crippen LogP contribution in [0.1, 0.15) is 78.6 Å². The predicted octanol–water partition coefficient (Wildman–Crippen LogP) is 0.817. The Labute approximate surface area is 322 Å². The Hall–Kier alpha value is -3.38. The zero-order valence-corrected chi connectivity index (χ0v) is 32.3. The largest absolute Gasteiger partial charge is 0.481 e. The molecule has 0 radical (unpaired) electrons. The van der Waals surface area contributed by atoms with Crippen LogP contribution in [-0.4, -0.2) is 163 Å². The van der Waals surface area contributed by atoms with Crippen LogP contribution < -0.4 is 5.32 Å². The molecule has 0 aromatic heterocycles. The summed E-state index contributed by atoms with van der Waals surface area (Å²) in [6.45, 7) is 4.21. The van der Waals surface area contributed by atoms with Gasteiger partial charge in [-0.05, 0) is 97.7 Å². The molecule has 55 heavy (non-hydrogen) atoms. The summed E-state index contributed by atoms with van der Waals surface area (Å²) in [6.07, 6.45) is 4.52. The first-order chi connectivity index (χ1) is 25.7. The fourth-order valence-electron chi connectivity index (χ4n) is 11.3. The second-order valence-electron chi connectivity index (χ2n) is 17.3. The summed E-state index contributed by atoms with van der Waals surface area (Å²) in [5.41, 5.74) is -0.571. The van der Waals surface area contributed by atoms with E-state index in [-0.39, 0.29) is 92.0 Å². The van der Waals surface area contributed by atoms with Crippen LogP contribution >= 0.6 is 0 Å². The lowest BCUT2D eigenvalue weighted by atomic mass is 9.43. The molecule has 0 aromatic rings. The molecule has 0 spiro atoms. The maximum Gasteiger partial charge on any atom is 0.317 e. The predicted molar refractivity (Wildman–Crippen MR) is 196 cm³/mol. The minimum absolute atomic E-state index is 0.0228. The molecule has 17 nitrogen and oxygen atoms in total. The monoisotopic (exact) mass is 782 g/mol. The van der Waals surface area contributed by atoms with Gasteiger partial charge in [-0.25, -0.2) is 0 Å². The second kappa shape index (κ2) is 18.7. The number of carbonyl (C=O) groups excluding carboxylic acids is 1. The standard InChI is InChI=1S/C38H62N4O13/c1-22(4-7-31(46)47)25-5-6-26-36-27(16-29(44)38(25,26)3)37(2)9-8-24(14-23(37)15-28(36)43)39-30(45)17-40(10-12-41(18-32(48)49)19-33(50)51)11-13-42(20-34(52)53)21-35(54)55/h22-29,36,43-44H,4-21H2,1-3H3,(H,39,45)(H,46,47)(H,48,49)(H,50,51)(H,52,53)(H,54,55)/t22?,23-,24-,25+,26?,27?,28?,29-,36?,37-,38+/m0/s1. The number of rotatable bonds is 21. The van der Waals surface area contributed by atoms with Crippen molar-refractivity contribution in [1.29, 1.82) is 0 Å². The van der Waals surface area contributed by atoms with Crippen LogP contribution in [0.25, 0.3) is 0 Å². The van der Waals surface area contributed by atoms with E-state index in [4.69, 9.17) is 0 Å². The quantitative estimate of drug-likeness (QED) is 0.0801. The number of aliphatic hydroxyl groups is 2. The van der Waals surface area contributed by atoms with E-state index >= 15 is 0 Å². The Balaban J connectivity index is 1.42. The number of hydrogen-bond donors (Lipinski definition) is 8. The van der Waals surface area contributed by atoms with Gasteiger partial charge in [0.15, 0.2) is 0 Å². The molecule has 312 valence electrons. The molecule has 0 aliphatic heterocycles. The molecule has 8 N–H and O–H groups in total. The molecule has 17 heteroatoms. The van der Waals surface area contributed by atoms with E-state index in [9.17, 15) is 64.5 Å². The number of carboxylic acid groups (broad SMARTS) is 5. The van der Waals surface area contributed by atoms with Gasteiger partial charge in [0.1, 0.15) is 0 Å². The molecule has 4 aliphatic rings. The summed E-state index contributed by atoms with van der Waals surface area (Å²) in [4.78, 5) is 74.3. The van der Waals surface area contributed by atoms with E-state index in [1.54, 1.807) is 4.90 Å². The van der Waals surface area contributed by atoms with Crippen molar-refractivity contribution in [2.45, 2.75) is 96.8 Å². The molecule has 0 saturated heterocycles. The zero-order valence-electron chi connectivity index (χ0n) is 32.3. The third kappa shape index (κ3) is 10.9. The molecular formula is C38H62N4O13. The maximum atomic E-state index is 13.6. The summed E-state index contributed by atoms with van der Waals surface area (Å²) in [5.74, 6) is -5.44. The van der Waals surface area contributed by atoms with Crippen molar-refractivity contribution in [2.24, 2.45) is 46.3 Å². The molecular weight excluding hydrogens is 720 g/mol. The van der Waals surface area contributed by atoms with Gasteiger partial charge in [0.05, 0.1) is 44.9 Å². The summed E-state index contributed by atoms with van der Waals surface area (Å²) >= 11 is 0. The molecule has 0 aromatic carbocycles. The van der Waals surface area contributed by atoms with Crippen LogP contribution in [0, 0.1) is 46.3 Å². The van der Waals surface area contributed by atoms with E-state index in [2.05, 4.69) is 26.1 Å². The second-order valence-corrected chi connectivity index (χ2v) is 17.3. The molecule has 4 rings (SSSR count). The van der Waals surface area contributed by atoms with E-state index in [1.807, 2.05) is 0 Å². The molecule has 0 bridgehead atoms. The summed E-state index contributed by atoms with van der Waals surface area (Å²) in [7, 11) is 0. The summed E-state index contributed by atoms with van der Waals surface area (Å²) in [6, 6.07) is -0.202. The van der Waals surface area contributed by atoms with Crippen LogP contribution in [0.3, 0.4) is 0 Å². The van der Waals surface area contributed by atoms with Crippen molar-refractivity contribution in [3.05, 3.63) is 0 Å². The van der Waals surface area contributed by atoms with Gasteiger partial charge in [-0.1, -0.05) is 20.8 Å². The Morgan fingerprint density at radius 3 is 1.71 bits per heavy atom. The average molecular weight is 783 g/mol. The van der Waals surface area contributed by atoms with Gasteiger partial charge in [0, 0.05) is 38.6 Å². The molecule has 4 saturated carbocycles. The summed E-state index contributed by atoms with van der Waals surface area (Å²) < 4.78 is 0. The minimum atomic E-state index is -1.23. The lowest BCUT2D eigenvalue weighted by Crippen LogP contribution is -2.63. The smallest absolute Gasteiger partial charge is 0.317 e. The van der Waals surface area contributed by atoms with Gasteiger partial charge in [0.2, 0.25) is 5.91 Å². The lowest BCUT2D eigenvalue weighted by molar-refractivity contribution is -0.202. The fourth-order valence-corrected chi connectivity index (χ4v) is 11.3. The summed E-state index contributed by atoms with van der Waals surface area (Å²) in [5, 5.41) is 73.2. The number of fused-ring (bicyclic) bond motifs is 5. The van der Waals surface area contributed by atoms with Crippen LogP contribution in [0.4, 0.5) is 0 Å². The van der Waals surface area contributed by atoms with E-state index in [1.165, 1.54) is 9.80 Å². The van der Waals surface area contributed by atoms with E-state index in [0.717, 1.165) is 19.3 Å². The van der Waals surface area contributed by atoms with Crippen molar-refractivity contribution < 1.29 is 64.5 Å². The highest BCUT2D eigenvalue weighted by molar-refractivity contribution is 5.78. The number of hydrogen-bond acceptors (Lipinski definition) is 11. The average Bonchev–Trinajstić information content (AvgIpc) is 3.43. The number of aliphatic carboxylic acids is 5. The van der Waals surface area contributed by atoms with Crippen molar-refractivity contribution in [1.82, 2.24) is 20.0 Å². The highest BCUT2D eigenvalue weighted by Gasteiger charge is 2.65. The van der Waals surface area contributed by atoms with Gasteiger partial charge in [-0.15, -0.1) is 0 Å². The lowest BCUT2D eigenvalue weighted by Gasteiger charge is -2.63. The highest BCUT2D eigenvalue weighted by atomic mass is 16.4. The maximum absolute atomic E-state index is 13.6. The minimum Gasteiger partial charge on any atom is -0.481 e. The third-order valence-electron chi connectivity index (χ3n) is 14.0. The molecule has 4 fully saturated rings. The highest BCUT2D eigenvalue weighted by Crippen LogP contribution is 2.68. The van der Waals surface area contributed by atoms with Crippen molar-refractivity contribution in [2.75, 3.05) is 58.9 Å². The number of nitrogens with zero attached hydrogens (tertiary/aromatic N) is 3.